The van der Waals surface area contributed by atoms with Gasteiger partial charge in [0.1, 0.15) is 0 Å². The minimum absolute atomic E-state index is 0.754. The molecule has 1 unspecified atom stereocenters. The van der Waals surface area contributed by atoms with Crippen LogP contribution in [0.1, 0.15) is 25.7 Å². The Kier molecular flexibility index (Phi) is 4.22. The highest BCUT2D eigenvalue weighted by atomic mass is 16.5. The highest BCUT2D eigenvalue weighted by Crippen LogP contribution is 2.17. The Hall–Kier alpha value is -0.120. The molecule has 3 nitrogen and oxygen atoms in total. The molecule has 1 aliphatic carbocycles. The topological polar surface area (TPSA) is 33.3 Å². The Morgan fingerprint density at radius 1 is 1.14 bits per heavy atom. The predicted octanol–water partition coefficient (Wildman–Crippen LogP) is 0.755. The van der Waals surface area contributed by atoms with E-state index in [1.54, 1.807) is 0 Å². The molecule has 2 fully saturated rings. The summed E-state index contributed by atoms with van der Waals surface area (Å²) in [6.07, 6.45) is 5.35. The molecular weight excluding hydrogens is 176 g/mol. The first-order chi connectivity index (χ1) is 6.95. The normalized spacial score (nSPS) is 27.9. The van der Waals surface area contributed by atoms with Crippen molar-refractivity contribution in [1.29, 1.82) is 0 Å². The molecule has 0 aromatic heterocycles. The largest absolute Gasteiger partial charge is 0.381 e. The summed E-state index contributed by atoms with van der Waals surface area (Å²) < 4.78 is 5.43. The van der Waals surface area contributed by atoms with Gasteiger partial charge in [0.05, 0.1) is 6.61 Å². The van der Waals surface area contributed by atoms with Crippen molar-refractivity contribution in [2.45, 2.75) is 31.7 Å². The summed E-state index contributed by atoms with van der Waals surface area (Å²) in [6.45, 7) is 5.29. The summed E-state index contributed by atoms with van der Waals surface area (Å²) >= 11 is 0. The monoisotopic (exact) mass is 198 g/mol. The van der Waals surface area contributed by atoms with Gasteiger partial charge in [0, 0.05) is 32.3 Å². The SMILES string of the molecule is C1COCC(CNCCNC2CC2)C1. The Morgan fingerprint density at radius 2 is 2.07 bits per heavy atom. The van der Waals surface area contributed by atoms with Crippen LogP contribution in [0.2, 0.25) is 0 Å². The molecule has 0 aromatic rings. The molecule has 2 rings (SSSR count). The van der Waals surface area contributed by atoms with Gasteiger partial charge in [0.15, 0.2) is 0 Å². The van der Waals surface area contributed by atoms with Crippen LogP contribution in [-0.2, 0) is 4.74 Å². The van der Waals surface area contributed by atoms with Gasteiger partial charge < -0.3 is 15.4 Å². The van der Waals surface area contributed by atoms with Gasteiger partial charge in [-0.15, -0.1) is 0 Å². The Bertz CT molecular complexity index is 153. The van der Waals surface area contributed by atoms with E-state index in [0.29, 0.717) is 0 Å². The van der Waals surface area contributed by atoms with Crippen LogP contribution in [0.5, 0.6) is 0 Å². The first-order valence-electron chi connectivity index (χ1n) is 5.97. The van der Waals surface area contributed by atoms with Crippen molar-refractivity contribution in [3.05, 3.63) is 0 Å². The maximum atomic E-state index is 5.43. The number of nitrogens with one attached hydrogen (secondary N) is 2. The van der Waals surface area contributed by atoms with E-state index in [1.165, 1.54) is 25.7 Å². The standard InChI is InChI=1S/C11H22N2O/c1-2-10(9-14-7-1)8-12-5-6-13-11-3-4-11/h10-13H,1-9H2. The van der Waals surface area contributed by atoms with Crippen molar-refractivity contribution in [3.63, 3.8) is 0 Å². The minimum Gasteiger partial charge on any atom is -0.381 e. The lowest BCUT2D eigenvalue weighted by Crippen LogP contribution is -2.34. The number of hydrogen-bond acceptors (Lipinski definition) is 3. The third-order valence-corrected chi connectivity index (χ3v) is 3.00. The lowest BCUT2D eigenvalue weighted by atomic mass is 10.0. The van der Waals surface area contributed by atoms with Crippen LogP contribution in [0, 0.1) is 5.92 Å². The third kappa shape index (κ3) is 3.95. The second kappa shape index (κ2) is 5.69. The molecule has 2 N–H and O–H groups in total. The summed E-state index contributed by atoms with van der Waals surface area (Å²) in [5.41, 5.74) is 0. The fraction of sp³-hybridized carbons (Fsp3) is 1.00. The fourth-order valence-electron chi connectivity index (χ4n) is 1.93. The number of hydrogen-bond donors (Lipinski definition) is 2. The van der Waals surface area contributed by atoms with Crippen LogP contribution in [0.4, 0.5) is 0 Å². The summed E-state index contributed by atoms with van der Waals surface area (Å²) in [6, 6.07) is 0.842. The average molecular weight is 198 g/mol. The quantitative estimate of drug-likeness (QED) is 0.618. The zero-order valence-corrected chi connectivity index (χ0v) is 8.93. The second-order valence-corrected chi connectivity index (χ2v) is 4.52. The van der Waals surface area contributed by atoms with Crippen molar-refractivity contribution in [3.8, 4) is 0 Å². The molecule has 0 amide bonds. The Morgan fingerprint density at radius 3 is 2.79 bits per heavy atom. The van der Waals surface area contributed by atoms with Gasteiger partial charge in [0.2, 0.25) is 0 Å². The summed E-state index contributed by atoms with van der Waals surface area (Å²) in [5.74, 6) is 0.754. The summed E-state index contributed by atoms with van der Waals surface area (Å²) in [4.78, 5) is 0. The minimum atomic E-state index is 0.754. The molecule has 14 heavy (non-hydrogen) atoms. The molecule has 0 aromatic carbocycles. The highest BCUT2D eigenvalue weighted by Gasteiger charge is 2.19. The van der Waals surface area contributed by atoms with Gasteiger partial charge in [-0.3, -0.25) is 0 Å². The van der Waals surface area contributed by atoms with E-state index < -0.39 is 0 Å². The highest BCUT2D eigenvalue weighted by molar-refractivity contribution is 4.80. The molecule has 0 spiro atoms. The fourth-order valence-corrected chi connectivity index (χ4v) is 1.93. The first kappa shape index (κ1) is 10.4. The lowest BCUT2D eigenvalue weighted by molar-refractivity contribution is 0.0549. The first-order valence-corrected chi connectivity index (χ1v) is 5.97. The van der Waals surface area contributed by atoms with Crippen molar-refractivity contribution in [2.24, 2.45) is 5.92 Å². The molecule has 82 valence electrons. The van der Waals surface area contributed by atoms with Crippen LogP contribution in [0.15, 0.2) is 0 Å². The van der Waals surface area contributed by atoms with E-state index >= 15 is 0 Å². The number of rotatable bonds is 6. The van der Waals surface area contributed by atoms with Crippen molar-refractivity contribution in [1.82, 2.24) is 10.6 Å². The number of ether oxygens (including phenoxy) is 1. The molecule has 0 bridgehead atoms. The maximum Gasteiger partial charge on any atom is 0.0506 e. The molecule has 1 aliphatic heterocycles. The van der Waals surface area contributed by atoms with Crippen LogP contribution in [0.3, 0.4) is 0 Å². The maximum absolute atomic E-state index is 5.43. The molecule has 1 saturated heterocycles. The molecule has 1 saturated carbocycles. The van der Waals surface area contributed by atoms with Gasteiger partial charge in [-0.2, -0.15) is 0 Å². The van der Waals surface area contributed by atoms with Crippen LogP contribution in [-0.4, -0.2) is 38.9 Å². The predicted molar refractivity (Wildman–Crippen MR) is 57.4 cm³/mol. The van der Waals surface area contributed by atoms with Crippen molar-refractivity contribution >= 4 is 0 Å². The van der Waals surface area contributed by atoms with Crippen LogP contribution < -0.4 is 10.6 Å². The van der Waals surface area contributed by atoms with E-state index in [9.17, 15) is 0 Å². The van der Waals surface area contributed by atoms with E-state index in [-0.39, 0.29) is 0 Å². The Balaban J connectivity index is 1.41. The van der Waals surface area contributed by atoms with Crippen LogP contribution >= 0.6 is 0 Å². The van der Waals surface area contributed by atoms with Gasteiger partial charge in [-0.05, 0) is 31.6 Å². The third-order valence-electron chi connectivity index (χ3n) is 3.00. The van der Waals surface area contributed by atoms with Crippen LogP contribution in [0.25, 0.3) is 0 Å². The summed E-state index contributed by atoms with van der Waals surface area (Å²) in [7, 11) is 0. The van der Waals surface area contributed by atoms with E-state index in [0.717, 1.165) is 44.8 Å². The molecule has 1 heterocycles. The van der Waals surface area contributed by atoms with Gasteiger partial charge in [-0.25, -0.2) is 0 Å². The van der Waals surface area contributed by atoms with Gasteiger partial charge in [-0.1, -0.05) is 0 Å². The lowest BCUT2D eigenvalue weighted by Gasteiger charge is -2.22. The molecule has 1 atom stereocenters. The average Bonchev–Trinajstić information content (AvgIpc) is 3.03. The van der Waals surface area contributed by atoms with Crippen molar-refractivity contribution in [2.75, 3.05) is 32.8 Å². The zero-order valence-electron chi connectivity index (χ0n) is 8.93. The van der Waals surface area contributed by atoms with Gasteiger partial charge in [0.25, 0.3) is 0 Å². The molecular formula is C11H22N2O. The summed E-state index contributed by atoms with van der Waals surface area (Å²) in [5, 5.41) is 7.00. The second-order valence-electron chi connectivity index (χ2n) is 4.52. The molecule has 0 radical (unpaired) electrons. The van der Waals surface area contributed by atoms with Crippen molar-refractivity contribution < 1.29 is 4.74 Å². The van der Waals surface area contributed by atoms with Gasteiger partial charge >= 0.3 is 0 Å². The zero-order chi connectivity index (χ0) is 9.64. The van der Waals surface area contributed by atoms with E-state index in [4.69, 9.17) is 4.74 Å². The molecule has 2 aliphatic rings. The van der Waals surface area contributed by atoms with E-state index in [1.807, 2.05) is 0 Å². The smallest absolute Gasteiger partial charge is 0.0506 e. The molecule has 3 heteroatoms. The Labute approximate surface area is 86.6 Å². The van der Waals surface area contributed by atoms with E-state index in [2.05, 4.69) is 10.6 Å².